The van der Waals surface area contributed by atoms with Crippen molar-refractivity contribution in [3.05, 3.63) is 0 Å². The number of nitrogens with one attached hydrogen (secondary N) is 2. The SMILES string of the molecule is COCCC(NC(=O)NC(CC(C)C)C(=O)OC)C(=O)O. The minimum absolute atomic E-state index is 0.131. The van der Waals surface area contributed by atoms with E-state index in [4.69, 9.17) is 9.84 Å². The second kappa shape index (κ2) is 9.98. The van der Waals surface area contributed by atoms with Crippen LogP contribution >= 0.6 is 0 Å². The summed E-state index contributed by atoms with van der Waals surface area (Å²) in [5, 5.41) is 13.7. The molecule has 21 heavy (non-hydrogen) atoms. The first-order valence-electron chi connectivity index (χ1n) is 6.68. The van der Waals surface area contributed by atoms with Gasteiger partial charge in [0.25, 0.3) is 0 Å². The Morgan fingerprint density at radius 2 is 1.67 bits per heavy atom. The van der Waals surface area contributed by atoms with Crippen LogP contribution in [-0.2, 0) is 19.1 Å². The van der Waals surface area contributed by atoms with E-state index in [0.29, 0.717) is 6.42 Å². The molecule has 122 valence electrons. The molecular formula is C13H24N2O6. The number of aliphatic carboxylic acids is 1. The molecule has 8 nitrogen and oxygen atoms in total. The van der Waals surface area contributed by atoms with Crippen molar-refractivity contribution in [3.63, 3.8) is 0 Å². The van der Waals surface area contributed by atoms with Crippen molar-refractivity contribution in [2.75, 3.05) is 20.8 Å². The molecule has 0 spiro atoms. The van der Waals surface area contributed by atoms with Gasteiger partial charge in [0.15, 0.2) is 0 Å². The molecule has 0 aliphatic heterocycles. The van der Waals surface area contributed by atoms with Crippen molar-refractivity contribution in [2.24, 2.45) is 5.92 Å². The van der Waals surface area contributed by atoms with Crippen molar-refractivity contribution in [1.29, 1.82) is 0 Å². The van der Waals surface area contributed by atoms with Crippen LogP contribution in [0.1, 0.15) is 26.7 Å². The maximum Gasteiger partial charge on any atom is 0.328 e. The standard InChI is InChI=1S/C13H24N2O6/c1-8(2)7-10(12(18)21-4)15-13(19)14-9(11(16)17)5-6-20-3/h8-10H,5-7H2,1-4H3,(H,16,17)(H2,14,15,19). The van der Waals surface area contributed by atoms with E-state index in [-0.39, 0.29) is 18.9 Å². The second-order valence-electron chi connectivity index (χ2n) is 5.00. The van der Waals surface area contributed by atoms with E-state index in [1.165, 1.54) is 14.2 Å². The van der Waals surface area contributed by atoms with E-state index < -0.39 is 30.1 Å². The molecule has 0 radical (unpaired) electrons. The minimum Gasteiger partial charge on any atom is -0.480 e. The van der Waals surface area contributed by atoms with Crippen LogP contribution in [0.4, 0.5) is 4.79 Å². The molecule has 2 amide bonds. The Kier molecular flexibility index (Phi) is 9.11. The summed E-state index contributed by atoms with van der Waals surface area (Å²) in [4.78, 5) is 34.4. The summed E-state index contributed by atoms with van der Waals surface area (Å²) in [5.74, 6) is -1.57. The highest BCUT2D eigenvalue weighted by atomic mass is 16.5. The van der Waals surface area contributed by atoms with E-state index >= 15 is 0 Å². The first kappa shape index (κ1) is 19.2. The number of amides is 2. The van der Waals surface area contributed by atoms with Gasteiger partial charge >= 0.3 is 18.0 Å². The Balaban J connectivity index is 4.58. The highest BCUT2D eigenvalue weighted by Crippen LogP contribution is 2.06. The molecule has 0 fully saturated rings. The monoisotopic (exact) mass is 304 g/mol. The molecular weight excluding hydrogens is 280 g/mol. The predicted octanol–water partition coefficient (Wildman–Crippen LogP) is 0.363. The van der Waals surface area contributed by atoms with Crippen LogP contribution in [0.2, 0.25) is 0 Å². The Labute approximate surface area is 124 Å². The number of carboxylic acid groups (broad SMARTS) is 1. The van der Waals surface area contributed by atoms with Gasteiger partial charge < -0.3 is 25.2 Å². The van der Waals surface area contributed by atoms with E-state index in [0.717, 1.165) is 0 Å². The van der Waals surface area contributed by atoms with E-state index in [1.54, 1.807) is 0 Å². The summed E-state index contributed by atoms with van der Waals surface area (Å²) in [5.41, 5.74) is 0. The molecule has 0 aromatic rings. The lowest BCUT2D eigenvalue weighted by atomic mass is 10.0. The van der Waals surface area contributed by atoms with Crippen molar-refractivity contribution in [1.82, 2.24) is 10.6 Å². The molecule has 0 aromatic carbocycles. The number of methoxy groups -OCH3 is 2. The molecule has 0 saturated heterocycles. The number of hydrogen-bond donors (Lipinski definition) is 3. The van der Waals surface area contributed by atoms with Gasteiger partial charge in [-0.05, 0) is 12.3 Å². The Hall–Kier alpha value is -1.83. The van der Waals surface area contributed by atoms with Crippen LogP contribution in [0.5, 0.6) is 0 Å². The number of carbonyl (C=O) groups excluding carboxylic acids is 2. The molecule has 0 bridgehead atoms. The number of ether oxygens (including phenoxy) is 2. The van der Waals surface area contributed by atoms with Crippen LogP contribution in [0, 0.1) is 5.92 Å². The normalized spacial score (nSPS) is 13.4. The van der Waals surface area contributed by atoms with Gasteiger partial charge in [0.2, 0.25) is 0 Å². The predicted molar refractivity (Wildman–Crippen MR) is 74.8 cm³/mol. The molecule has 2 unspecified atom stereocenters. The van der Waals surface area contributed by atoms with Crippen LogP contribution in [0.25, 0.3) is 0 Å². The van der Waals surface area contributed by atoms with E-state index in [9.17, 15) is 14.4 Å². The molecule has 0 rings (SSSR count). The first-order valence-corrected chi connectivity index (χ1v) is 6.68. The van der Waals surface area contributed by atoms with Crippen molar-refractivity contribution >= 4 is 18.0 Å². The number of urea groups is 1. The summed E-state index contributed by atoms with van der Waals surface area (Å²) in [6.07, 6.45) is 0.530. The number of esters is 1. The average molecular weight is 304 g/mol. The van der Waals surface area contributed by atoms with Gasteiger partial charge in [-0.2, -0.15) is 0 Å². The summed E-state index contributed by atoms with van der Waals surface area (Å²) >= 11 is 0. The fourth-order valence-electron chi connectivity index (χ4n) is 1.68. The summed E-state index contributed by atoms with van der Waals surface area (Å²) in [6.45, 7) is 3.99. The van der Waals surface area contributed by atoms with Crippen molar-refractivity contribution < 1.29 is 29.0 Å². The third kappa shape index (κ3) is 8.13. The van der Waals surface area contributed by atoms with Gasteiger partial charge in [0.1, 0.15) is 12.1 Å². The van der Waals surface area contributed by atoms with Crippen LogP contribution in [0.3, 0.4) is 0 Å². The third-order valence-corrected chi connectivity index (χ3v) is 2.71. The molecule has 0 aliphatic rings. The van der Waals surface area contributed by atoms with Crippen molar-refractivity contribution in [2.45, 2.75) is 38.8 Å². The molecule has 8 heteroatoms. The Morgan fingerprint density at radius 1 is 1.10 bits per heavy atom. The van der Waals surface area contributed by atoms with Crippen LogP contribution < -0.4 is 10.6 Å². The highest BCUT2D eigenvalue weighted by Gasteiger charge is 2.25. The molecule has 0 saturated carbocycles. The number of carboxylic acids is 1. The number of carbonyl (C=O) groups is 3. The highest BCUT2D eigenvalue weighted by molar-refractivity contribution is 5.86. The van der Waals surface area contributed by atoms with Gasteiger partial charge in [0.05, 0.1) is 7.11 Å². The third-order valence-electron chi connectivity index (χ3n) is 2.71. The average Bonchev–Trinajstić information content (AvgIpc) is 2.40. The summed E-state index contributed by atoms with van der Waals surface area (Å²) in [7, 11) is 2.67. The smallest absolute Gasteiger partial charge is 0.328 e. The zero-order chi connectivity index (χ0) is 16.4. The molecule has 0 aliphatic carbocycles. The fourth-order valence-corrected chi connectivity index (χ4v) is 1.68. The lowest BCUT2D eigenvalue weighted by Gasteiger charge is -2.20. The topological polar surface area (TPSA) is 114 Å². The maximum absolute atomic E-state index is 11.8. The molecule has 3 N–H and O–H groups in total. The number of hydrogen-bond acceptors (Lipinski definition) is 5. The van der Waals surface area contributed by atoms with Gasteiger partial charge in [0, 0.05) is 20.1 Å². The zero-order valence-corrected chi connectivity index (χ0v) is 12.8. The van der Waals surface area contributed by atoms with E-state index in [2.05, 4.69) is 15.4 Å². The second-order valence-corrected chi connectivity index (χ2v) is 5.00. The maximum atomic E-state index is 11.8. The molecule has 0 aromatic heterocycles. The molecule has 0 heterocycles. The summed E-state index contributed by atoms with van der Waals surface area (Å²) in [6, 6.07) is -2.62. The van der Waals surface area contributed by atoms with E-state index in [1.807, 2.05) is 13.8 Å². The summed E-state index contributed by atoms with van der Waals surface area (Å²) < 4.78 is 9.40. The minimum atomic E-state index is -1.17. The quantitative estimate of drug-likeness (QED) is 0.530. The van der Waals surface area contributed by atoms with Gasteiger partial charge in [-0.15, -0.1) is 0 Å². The van der Waals surface area contributed by atoms with Crippen LogP contribution in [0.15, 0.2) is 0 Å². The largest absolute Gasteiger partial charge is 0.480 e. The van der Waals surface area contributed by atoms with Crippen LogP contribution in [-0.4, -0.2) is 56.0 Å². The fraction of sp³-hybridized carbons (Fsp3) is 0.769. The van der Waals surface area contributed by atoms with Crippen molar-refractivity contribution in [3.8, 4) is 0 Å². The first-order chi connectivity index (χ1) is 9.81. The van der Waals surface area contributed by atoms with Gasteiger partial charge in [-0.1, -0.05) is 13.8 Å². The zero-order valence-electron chi connectivity index (χ0n) is 12.8. The number of rotatable bonds is 9. The molecule has 2 atom stereocenters. The lowest BCUT2D eigenvalue weighted by Crippen LogP contribution is -2.51. The lowest BCUT2D eigenvalue weighted by molar-refractivity contribution is -0.143. The van der Waals surface area contributed by atoms with Gasteiger partial charge in [-0.25, -0.2) is 14.4 Å². The Morgan fingerprint density at radius 3 is 2.10 bits per heavy atom. The Bertz CT molecular complexity index is 359. The van der Waals surface area contributed by atoms with Gasteiger partial charge in [-0.3, -0.25) is 0 Å².